The summed E-state index contributed by atoms with van der Waals surface area (Å²) in [5, 5.41) is 26.1. The van der Waals surface area contributed by atoms with Crippen molar-refractivity contribution in [3.05, 3.63) is 23.4 Å². The van der Waals surface area contributed by atoms with Gasteiger partial charge in [0.1, 0.15) is 11.9 Å². The van der Waals surface area contributed by atoms with Crippen LogP contribution in [-0.2, 0) is 22.4 Å². The van der Waals surface area contributed by atoms with Crippen molar-refractivity contribution < 1.29 is 19.8 Å². The maximum atomic E-state index is 12.9. The molecule has 0 aromatic carbocycles. The minimum atomic E-state index is -0.988. The number of carbonyl (C=O) groups excluding carboxylic acids is 1. The second-order valence-electron chi connectivity index (χ2n) is 11.5. The molecule has 200 valence electrons. The number of rotatable bonds is 11. The number of hydrogen-bond donors (Lipinski definition) is 4. The first-order valence-corrected chi connectivity index (χ1v) is 13.6. The highest BCUT2D eigenvalue weighted by molar-refractivity contribution is 5.87. The zero-order chi connectivity index (χ0) is 25.7. The Bertz CT molecular complexity index is 918. The second-order valence-corrected chi connectivity index (χ2v) is 11.5. The van der Waals surface area contributed by atoms with E-state index >= 15 is 0 Å². The van der Waals surface area contributed by atoms with Crippen molar-refractivity contribution in [1.29, 1.82) is 0 Å². The monoisotopic (exact) mass is 501 g/mol. The SMILES string of the molecule is CC(C)(O)CN1CCCC1C(=O)NC(CCN1CCC(CCc2ccc3c(n2)NCCC3)C1)C(=O)O. The summed E-state index contributed by atoms with van der Waals surface area (Å²) in [7, 11) is 0. The number of aromatic nitrogens is 1. The van der Waals surface area contributed by atoms with Crippen molar-refractivity contribution in [3.8, 4) is 0 Å². The molecule has 3 aliphatic rings. The molecule has 2 saturated heterocycles. The highest BCUT2D eigenvalue weighted by Gasteiger charge is 2.35. The highest BCUT2D eigenvalue weighted by Crippen LogP contribution is 2.25. The molecule has 3 unspecified atom stereocenters. The summed E-state index contributed by atoms with van der Waals surface area (Å²) in [5.74, 6) is 0.408. The summed E-state index contributed by atoms with van der Waals surface area (Å²) in [6.45, 7) is 8.18. The van der Waals surface area contributed by atoms with E-state index in [-0.39, 0.29) is 11.9 Å². The third-order valence-electron chi connectivity index (χ3n) is 7.74. The van der Waals surface area contributed by atoms with E-state index in [1.165, 1.54) is 12.0 Å². The maximum absolute atomic E-state index is 12.9. The quantitative estimate of drug-likeness (QED) is 0.363. The lowest BCUT2D eigenvalue weighted by atomic mass is 10.00. The van der Waals surface area contributed by atoms with Gasteiger partial charge in [-0.3, -0.25) is 9.69 Å². The summed E-state index contributed by atoms with van der Waals surface area (Å²) >= 11 is 0. The fourth-order valence-electron chi connectivity index (χ4n) is 5.86. The Morgan fingerprint density at radius 2 is 2.08 bits per heavy atom. The van der Waals surface area contributed by atoms with E-state index in [9.17, 15) is 19.8 Å². The molecule has 1 aromatic heterocycles. The number of nitrogens with one attached hydrogen (secondary N) is 2. The highest BCUT2D eigenvalue weighted by atomic mass is 16.4. The van der Waals surface area contributed by atoms with Gasteiger partial charge in [-0.2, -0.15) is 0 Å². The van der Waals surface area contributed by atoms with Crippen LogP contribution in [0.2, 0.25) is 0 Å². The molecule has 3 aliphatic heterocycles. The summed E-state index contributed by atoms with van der Waals surface area (Å²) in [6.07, 6.45) is 7.38. The molecule has 1 aromatic rings. The molecule has 36 heavy (non-hydrogen) atoms. The molecule has 0 radical (unpaired) electrons. The number of carbonyl (C=O) groups is 2. The van der Waals surface area contributed by atoms with Crippen LogP contribution in [0.3, 0.4) is 0 Å². The van der Waals surface area contributed by atoms with Crippen molar-refractivity contribution in [2.24, 2.45) is 5.92 Å². The zero-order valence-electron chi connectivity index (χ0n) is 21.8. The average Bonchev–Trinajstić information content (AvgIpc) is 3.48. The Labute approximate surface area is 214 Å². The van der Waals surface area contributed by atoms with Crippen LogP contribution in [0.1, 0.15) is 63.6 Å². The Balaban J connectivity index is 1.21. The number of amides is 1. The predicted molar refractivity (Wildman–Crippen MR) is 139 cm³/mol. The van der Waals surface area contributed by atoms with Crippen LogP contribution in [0.15, 0.2) is 12.1 Å². The van der Waals surface area contributed by atoms with Gasteiger partial charge >= 0.3 is 5.97 Å². The Morgan fingerprint density at radius 3 is 2.86 bits per heavy atom. The lowest BCUT2D eigenvalue weighted by Gasteiger charge is -2.30. The number of fused-ring (bicyclic) bond motifs is 1. The van der Waals surface area contributed by atoms with Crippen LogP contribution in [0.4, 0.5) is 5.82 Å². The molecule has 4 heterocycles. The molecule has 3 atom stereocenters. The Morgan fingerprint density at radius 1 is 1.25 bits per heavy atom. The van der Waals surface area contributed by atoms with Crippen molar-refractivity contribution in [2.45, 2.75) is 82.9 Å². The van der Waals surface area contributed by atoms with E-state index in [0.29, 0.717) is 31.8 Å². The first-order chi connectivity index (χ1) is 17.2. The van der Waals surface area contributed by atoms with Gasteiger partial charge in [0.05, 0.1) is 11.6 Å². The topological polar surface area (TPSA) is 118 Å². The molecule has 2 fully saturated rings. The van der Waals surface area contributed by atoms with Crippen LogP contribution in [0.25, 0.3) is 0 Å². The molecule has 4 N–H and O–H groups in total. The van der Waals surface area contributed by atoms with Crippen LogP contribution in [0, 0.1) is 5.92 Å². The lowest BCUT2D eigenvalue weighted by Crippen LogP contribution is -2.52. The number of likely N-dealkylation sites (tertiary alicyclic amines) is 2. The molecule has 9 nitrogen and oxygen atoms in total. The molecule has 0 aliphatic carbocycles. The van der Waals surface area contributed by atoms with E-state index < -0.39 is 17.6 Å². The van der Waals surface area contributed by atoms with E-state index in [2.05, 4.69) is 27.7 Å². The van der Waals surface area contributed by atoms with Gasteiger partial charge in [-0.25, -0.2) is 9.78 Å². The minimum absolute atomic E-state index is 0.240. The average molecular weight is 502 g/mol. The zero-order valence-corrected chi connectivity index (χ0v) is 21.8. The van der Waals surface area contributed by atoms with Crippen molar-refractivity contribution in [2.75, 3.05) is 44.6 Å². The maximum Gasteiger partial charge on any atom is 0.326 e. The van der Waals surface area contributed by atoms with Crippen molar-refractivity contribution in [1.82, 2.24) is 20.1 Å². The van der Waals surface area contributed by atoms with Crippen molar-refractivity contribution >= 4 is 17.7 Å². The number of aliphatic carboxylic acids is 1. The summed E-state index contributed by atoms with van der Waals surface area (Å²) in [6, 6.07) is 3.10. The molecule has 9 heteroatoms. The van der Waals surface area contributed by atoms with Crippen molar-refractivity contribution in [3.63, 3.8) is 0 Å². The number of carboxylic acid groups (broad SMARTS) is 1. The van der Waals surface area contributed by atoms with Crippen LogP contribution in [0.5, 0.6) is 0 Å². The number of hydrogen-bond acceptors (Lipinski definition) is 7. The van der Waals surface area contributed by atoms with Gasteiger partial charge in [-0.05, 0) is 95.9 Å². The molecule has 0 saturated carbocycles. The van der Waals surface area contributed by atoms with Crippen LogP contribution >= 0.6 is 0 Å². The van der Waals surface area contributed by atoms with E-state index in [4.69, 9.17) is 4.98 Å². The van der Waals surface area contributed by atoms with Gasteiger partial charge in [0.2, 0.25) is 5.91 Å². The normalized spacial score (nSPS) is 23.8. The number of carboxylic acids is 1. The fourth-order valence-corrected chi connectivity index (χ4v) is 5.86. The third kappa shape index (κ3) is 7.40. The van der Waals surface area contributed by atoms with Gasteiger partial charge in [0.15, 0.2) is 0 Å². The predicted octanol–water partition coefficient (Wildman–Crippen LogP) is 1.89. The minimum Gasteiger partial charge on any atom is -0.480 e. The fraction of sp³-hybridized carbons (Fsp3) is 0.741. The number of nitrogens with zero attached hydrogens (tertiary/aromatic N) is 3. The Hall–Kier alpha value is -2.23. The van der Waals surface area contributed by atoms with Gasteiger partial charge in [-0.15, -0.1) is 0 Å². The van der Waals surface area contributed by atoms with E-state index in [0.717, 1.165) is 69.8 Å². The summed E-state index contributed by atoms with van der Waals surface area (Å²) < 4.78 is 0. The number of aryl methyl sites for hydroxylation is 2. The first kappa shape index (κ1) is 26.8. The molecular weight excluding hydrogens is 458 g/mol. The molecule has 0 spiro atoms. The third-order valence-corrected chi connectivity index (χ3v) is 7.74. The van der Waals surface area contributed by atoms with Crippen LogP contribution < -0.4 is 10.6 Å². The number of anilines is 1. The molecule has 0 bridgehead atoms. The molecular formula is C27H43N5O4. The van der Waals surface area contributed by atoms with Crippen LogP contribution in [-0.4, -0.2) is 93.8 Å². The van der Waals surface area contributed by atoms with E-state index in [1.807, 2.05) is 4.90 Å². The smallest absolute Gasteiger partial charge is 0.326 e. The van der Waals surface area contributed by atoms with Gasteiger partial charge < -0.3 is 25.7 Å². The standard InChI is InChI=1S/C27H43N5O4/c1-27(2,36)18-32-14-4-6-23(32)25(33)30-22(26(34)35)12-16-31-15-11-19(17-31)7-9-21-10-8-20-5-3-13-28-24(20)29-21/h8,10,19,22-23,36H,3-7,9,11-18H2,1-2H3,(H,28,29)(H,30,33)(H,34,35). The van der Waals surface area contributed by atoms with Gasteiger partial charge in [-0.1, -0.05) is 6.07 Å². The van der Waals surface area contributed by atoms with Gasteiger partial charge in [0, 0.05) is 31.9 Å². The second kappa shape index (κ2) is 11.9. The molecule has 4 rings (SSSR count). The Kier molecular flexibility index (Phi) is 8.85. The number of pyridine rings is 1. The molecule has 1 amide bonds. The summed E-state index contributed by atoms with van der Waals surface area (Å²) in [4.78, 5) is 33.9. The first-order valence-electron chi connectivity index (χ1n) is 13.6. The summed E-state index contributed by atoms with van der Waals surface area (Å²) in [5.41, 5.74) is 1.56. The number of β-amino-alcohol motifs (C(OH)–C–C–N with tert-alkyl or cyclic N) is 1. The van der Waals surface area contributed by atoms with E-state index in [1.54, 1.807) is 13.8 Å². The number of aliphatic hydroxyl groups is 1. The largest absolute Gasteiger partial charge is 0.480 e. The van der Waals surface area contributed by atoms with Gasteiger partial charge in [0.25, 0.3) is 0 Å². The lowest BCUT2D eigenvalue weighted by molar-refractivity contribution is -0.143.